The Morgan fingerprint density at radius 3 is 2.74 bits per heavy atom. The van der Waals surface area contributed by atoms with E-state index >= 15 is 0 Å². The number of aryl methyl sites for hydroxylation is 1. The monoisotopic (exact) mass is 330 g/mol. The van der Waals surface area contributed by atoms with E-state index in [0.29, 0.717) is 21.3 Å². The molecule has 1 atom stereocenters. The summed E-state index contributed by atoms with van der Waals surface area (Å²) in [7, 11) is 0. The molecule has 2 aromatic rings. The van der Waals surface area contributed by atoms with Crippen molar-refractivity contribution in [2.75, 3.05) is 5.32 Å². The number of fused-ring (bicyclic) bond motifs is 1. The second-order valence-electron chi connectivity index (χ2n) is 5.43. The summed E-state index contributed by atoms with van der Waals surface area (Å²) in [5, 5.41) is 12.1. The summed E-state index contributed by atoms with van der Waals surface area (Å²) in [6.07, 6.45) is 0.197. The molecule has 0 saturated carbocycles. The third-order valence-corrected chi connectivity index (χ3v) is 4.84. The van der Waals surface area contributed by atoms with Crippen molar-refractivity contribution in [2.45, 2.75) is 19.8 Å². The number of carboxylic acids is 1. The number of aromatic nitrogens is 1. The van der Waals surface area contributed by atoms with Gasteiger partial charge in [-0.05, 0) is 18.6 Å². The molecule has 0 spiro atoms. The maximum atomic E-state index is 12.3. The summed E-state index contributed by atoms with van der Waals surface area (Å²) < 4.78 is 0. The van der Waals surface area contributed by atoms with E-state index in [4.69, 9.17) is 5.11 Å². The molecular weight excluding hydrogens is 316 g/mol. The zero-order valence-corrected chi connectivity index (χ0v) is 13.1. The maximum Gasteiger partial charge on any atom is 0.307 e. The number of ketones is 1. The summed E-state index contributed by atoms with van der Waals surface area (Å²) in [6, 6.07) is 7.17. The minimum atomic E-state index is -0.998. The lowest BCUT2D eigenvalue weighted by Gasteiger charge is -2.15. The molecule has 3 rings (SSSR count). The molecule has 1 aliphatic rings. The Hall–Kier alpha value is -2.54. The number of carboxylic acid groups (broad SMARTS) is 1. The molecule has 6 nitrogen and oxygen atoms in total. The predicted octanol–water partition coefficient (Wildman–Crippen LogP) is 2.53. The van der Waals surface area contributed by atoms with Crippen LogP contribution in [0, 0.1) is 12.8 Å². The van der Waals surface area contributed by atoms with Crippen molar-refractivity contribution in [1.29, 1.82) is 0 Å². The third kappa shape index (κ3) is 3.00. The molecule has 0 fully saturated rings. The van der Waals surface area contributed by atoms with Crippen LogP contribution >= 0.6 is 11.3 Å². The number of nitrogens with one attached hydrogen (secondary N) is 1. The molecule has 0 saturated heterocycles. The lowest BCUT2D eigenvalue weighted by Crippen LogP contribution is -2.25. The van der Waals surface area contributed by atoms with Gasteiger partial charge in [-0.2, -0.15) is 0 Å². The lowest BCUT2D eigenvalue weighted by molar-refractivity contribution is -0.141. The van der Waals surface area contributed by atoms with E-state index < -0.39 is 11.9 Å². The van der Waals surface area contributed by atoms with Gasteiger partial charge in [-0.15, -0.1) is 0 Å². The van der Waals surface area contributed by atoms with Crippen LogP contribution in [0.25, 0.3) is 0 Å². The van der Waals surface area contributed by atoms with E-state index in [2.05, 4.69) is 10.3 Å². The Kier molecular flexibility index (Phi) is 3.96. The molecule has 23 heavy (non-hydrogen) atoms. The first-order chi connectivity index (χ1) is 11.0. The average Bonchev–Trinajstić information content (AvgIpc) is 2.90. The van der Waals surface area contributed by atoms with Crippen molar-refractivity contribution in [3.63, 3.8) is 0 Å². The quantitative estimate of drug-likeness (QED) is 0.901. The van der Waals surface area contributed by atoms with Crippen molar-refractivity contribution in [3.8, 4) is 0 Å². The molecule has 0 aliphatic heterocycles. The van der Waals surface area contributed by atoms with Gasteiger partial charge in [0.05, 0.1) is 16.5 Å². The van der Waals surface area contributed by atoms with Crippen molar-refractivity contribution in [2.24, 2.45) is 5.92 Å². The second kappa shape index (κ2) is 5.92. The summed E-state index contributed by atoms with van der Waals surface area (Å²) in [5.41, 5.74) is 1.84. The van der Waals surface area contributed by atoms with Crippen molar-refractivity contribution >= 4 is 34.1 Å². The van der Waals surface area contributed by atoms with Gasteiger partial charge in [0.25, 0.3) is 5.91 Å². The van der Waals surface area contributed by atoms with Gasteiger partial charge < -0.3 is 5.11 Å². The fraction of sp³-hybridized carbons (Fsp3) is 0.250. The number of nitrogens with zero attached hydrogens (tertiary/aromatic N) is 1. The topological polar surface area (TPSA) is 96.4 Å². The molecule has 1 heterocycles. The highest BCUT2D eigenvalue weighted by Crippen LogP contribution is 2.32. The highest BCUT2D eigenvalue weighted by atomic mass is 32.1. The Balaban J connectivity index is 1.83. The van der Waals surface area contributed by atoms with E-state index in [-0.39, 0.29) is 24.5 Å². The lowest BCUT2D eigenvalue weighted by atomic mass is 9.90. The normalized spacial score (nSPS) is 16.7. The standard InChI is InChI=1S/C16H14N2O4S/c1-8-4-2-3-5-10(8)14(20)18-16-17-11-6-9(15(21)22)7-12(19)13(11)23-16/h2-5,9H,6-7H2,1H3,(H,21,22)(H,17,18,20)/t9-/m1/s1. The summed E-state index contributed by atoms with van der Waals surface area (Å²) in [5.74, 6) is -2.26. The minimum absolute atomic E-state index is 0.0181. The molecule has 1 aromatic heterocycles. The van der Waals surface area contributed by atoms with Crippen LogP contribution in [0.1, 0.15) is 37.7 Å². The van der Waals surface area contributed by atoms with Crippen LogP contribution in [-0.4, -0.2) is 27.8 Å². The fourth-order valence-corrected chi connectivity index (χ4v) is 3.49. The first kappa shape index (κ1) is 15.4. The SMILES string of the molecule is Cc1ccccc1C(=O)Nc1nc2c(s1)C(=O)C[C@H](C(=O)O)C2. The predicted molar refractivity (Wildman–Crippen MR) is 85.0 cm³/mol. The summed E-state index contributed by atoms with van der Waals surface area (Å²) in [4.78, 5) is 40.0. The van der Waals surface area contributed by atoms with E-state index in [9.17, 15) is 14.4 Å². The summed E-state index contributed by atoms with van der Waals surface area (Å²) >= 11 is 1.10. The number of amides is 1. The maximum absolute atomic E-state index is 12.3. The third-order valence-electron chi connectivity index (χ3n) is 3.78. The van der Waals surface area contributed by atoms with Crippen LogP contribution in [0.2, 0.25) is 0 Å². The van der Waals surface area contributed by atoms with E-state index in [1.165, 1.54) is 0 Å². The number of aliphatic carboxylic acids is 1. The Labute approximate surface area is 136 Å². The van der Waals surface area contributed by atoms with Gasteiger partial charge in [-0.25, -0.2) is 4.98 Å². The number of Topliss-reactive ketones (excluding diaryl/α,β-unsaturated/α-hetero) is 1. The number of carbonyl (C=O) groups excluding carboxylic acids is 2. The first-order valence-corrected chi connectivity index (χ1v) is 7.90. The minimum Gasteiger partial charge on any atom is -0.481 e. The Morgan fingerprint density at radius 2 is 2.04 bits per heavy atom. The second-order valence-corrected chi connectivity index (χ2v) is 6.43. The molecular formula is C16H14N2O4S. The number of benzene rings is 1. The molecule has 1 aliphatic carbocycles. The van der Waals surface area contributed by atoms with Crippen LogP contribution in [0.5, 0.6) is 0 Å². The molecule has 118 valence electrons. The van der Waals surface area contributed by atoms with Crippen LogP contribution < -0.4 is 5.32 Å². The van der Waals surface area contributed by atoms with Crippen LogP contribution in [0.15, 0.2) is 24.3 Å². The Morgan fingerprint density at radius 1 is 1.30 bits per heavy atom. The molecule has 0 radical (unpaired) electrons. The number of hydrogen-bond acceptors (Lipinski definition) is 5. The fourth-order valence-electron chi connectivity index (χ4n) is 2.55. The number of anilines is 1. The van der Waals surface area contributed by atoms with Gasteiger partial charge in [0, 0.05) is 18.4 Å². The van der Waals surface area contributed by atoms with Gasteiger partial charge in [0.15, 0.2) is 10.9 Å². The number of carbonyl (C=O) groups is 3. The van der Waals surface area contributed by atoms with E-state index in [1.807, 2.05) is 19.1 Å². The largest absolute Gasteiger partial charge is 0.481 e. The van der Waals surface area contributed by atoms with E-state index in [1.54, 1.807) is 12.1 Å². The zero-order valence-electron chi connectivity index (χ0n) is 12.3. The van der Waals surface area contributed by atoms with E-state index in [0.717, 1.165) is 16.9 Å². The number of thiazole rings is 1. The van der Waals surface area contributed by atoms with Crippen molar-refractivity contribution in [1.82, 2.24) is 4.98 Å². The summed E-state index contributed by atoms with van der Waals surface area (Å²) in [6.45, 7) is 1.84. The van der Waals surface area contributed by atoms with Gasteiger partial charge in [0.1, 0.15) is 0 Å². The smallest absolute Gasteiger partial charge is 0.307 e. The van der Waals surface area contributed by atoms with Gasteiger partial charge >= 0.3 is 5.97 Å². The van der Waals surface area contributed by atoms with Gasteiger partial charge in [0.2, 0.25) is 0 Å². The molecule has 1 aromatic carbocycles. The first-order valence-electron chi connectivity index (χ1n) is 7.08. The molecule has 0 bridgehead atoms. The van der Waals surface area contributed by atoms with Gasteiger partial charge in [-0.1, -0.05) is 29.5 Å². The number of rotatable bonds is 3. The Bertz CT molecular complexity index is 812. The van der Waals surface area contributed by atoms with Crippen molar-refractivity contribution < 1.29 is 19.5 Å². The number of hydrogen-bond donors (Lipinski definition) is 2. The van der Waals surface area contributed by atoms with Gasteiger partial charge in [-0.3, -0.25) is 19.7 Å². The molecule has 2 N–H and O–H groups in total. The highest BCUT2D eigenvalue weighted by Gasteiger charge is 2.33. The van der Waals surface area contributed by atoms with Crippen molar-refractivity contribution in [3.05, 3.63) is 46.0 Å². The van der Waals surface area contributed by atoms with Crippen LogP contribution in [0.3, 0.4) is 0 Å². The highest BCUT2D eigenvalue weighted by molar-refractivity contribution is 7.17. The molecule has 0 unspecified atom stereocenters. The molecule has 7 heteroatoms. The average molecular weight is 330 g/mol. The van der Waals surface area contributed by atoms with Crippen LogP contribution in [-0.2, 0) is 11.2 Å². The zero-order chi connectivity index (χ0) is 16.6. The molecule has 1 amide bonds. The van der Waals surface area contributed by atoms with Crippen LogP contribution in [0.4, 0.5) is 5.13 Å².